The fraction of sp³-hybridized carbons (Fsp3) is 0.163. The Balaban J connectivity index is 0.000000162. The standard InChI is InChI=1S/C15H14O2.C14H14.C12H12N2.C8H10/c1-11-3-7-13(8-4-11)15(16)17-14-9-5-12(2)6-10-14;1-11-3-7-13(8-4-11)14-9-5-12(2)6-10-14;1-9-3-5-11(6-4-9)12-13-7-10(2)8-14-12;1-7-3-5-8(2)6-4-7/h3-10H,1-2H3;3-10H,1-2H3;3-8H,1-2H3;3-6H,1-2H3. The fourth-order valence-electron chi connectivity index (χ4n) is 4.84. The summed E-state index contributed by atoms with van der Waals surface area (Å²) in [6, 6.07) is 48.7. The first kappa shape index (κ1) is 39.7. The average molecular weight is 699 g/mol. The molecule has 0 saturated heterocycles. The molecule has 7 aromatic rings. The lowest BCUT2D eigenvalue weighted by Crippen LogP contribution is -2.08. The van der Waals surface area contributed by atoms with Gasteiger partial charge in [-0.2, -0.15) is 0 Å². The Morgan fingerprint density at radius 1 is 0.358 bits per heavy atom. The first-order valence-corrected chi connectivity index (χ1v) is 17.8. The summed E-state index contributed by atoms with van der Waals surface area (Å²) in [5, 5.41) is 0. The smallest absolute Gasteiger partial charge is 0.343 e. The Bertz CT molecular complexity index is 1920. The lowest BCUT2D eigenvalue weighted by atomic mass is 10.0. The Kier molecular flexibility index (Phi) is 15.0. The quantitative estimate of drug-likeness (QED) is 0.136. The number of hydrogen-bond acceptors (Lipinski definition) is 4. The summed E-state index contributed by atoms with van der Waals surface area (Å²) in [6.45, 7) is 16.4. The zero-order chi connectivity index (χ0) is 38.2. The van der Waals surface area contributed by atoms with Crippen LogP contribution in [0.25, 0.3) is 22.5 Å². The third-order valence-electron chi connectivity index (χ3n) is 8.26. The molecule has 0 bridgehead atoms. The van der Waals surface area contributed by atoms with Crippen LogP contribution in [0.15, 0.2) is 158 Å². The van der Waals surface area contributed by atoms with Crippen LogP contribution in [0.4, 0.5) is 0 Å². The van der Waals surface area contributed by atoms with E-state index in [0.29, 0.717) is 11.3 Å². The van der Waals surface area contributed by atoms with Crippen LogP contribution < -0.4 is 4.74 Å². The molecule has 0 aliphatic rings. The van der Waals surface area contributed by atoms with E-state index in [1.807, 2.05) is 69.6 Å². The summed E-state index contributed by atoms with van der Waals surface area (Å²) in [7, 11) is 0. The van der Waals surface area contributed by atoms with E-state index in [-0.39, 0.29) is 5.97 Å². The molecule has 4 heteroatoms. The molecule has 0 aliphatic heterocycles. The molecule has 0 fully saturated rings. The van der Waals surface area contributed by atoms with Crippen molar-refractivity contribution >= 4 is 5.97 Å². The number of rotatable bonds is 4. The largest absolute Gasteiger partial charge is 0.423 e. The van der Waals surface area contributed by atoms with E-state index >= 15 is 0 Å². The Morgan fingerprint density at radius 3 is 1.00 bits per heavy atom. The molecular formula is C49H50N2O2. The second-order valence-electron chi connectivity index (χ2n) is 13.4. The molecule has 7 rings (SSSR count). The van der Waals surface area contributed by atoms with E-state index in [0.717, 1.165) is 28.1 Å². The van der Waals surface area contributed by atoms with Crippen molar-refractivity contribution in [2.45, 2.75) is 55.4 Å². The molecule has 1 heterocycles. The summed E-state index contributed by atoms with van der Waals surface area (Å²) in [4.78, 5) is 20.3. The predicted octanol–water partition coefficient (Wildman–Crippen LogP) is 12.6. The van der Waals surface area contributed by atoms with E-state index in [1.165, 1.54) is 38.9 Å². The third kappa shape index (κ3) is 13.8. The van der Waals surface area contributed by atoms with Crippen molar-refractivity contribution in [2.24, 2.45) is 0 Å². The maximum atomic E-state index is 11.8. The SMILES string of the molecule is Cc1ccc(-c2ccc(C)cc2)cc1.Cc1ccc(-c2ncc(C)cn2)cc1.Cc1ccc(C)cc1.Cc1ccc(OC(=O)c2ccc(C)cc2)cc1. The van der Waals surface area contributed by atoms with Crippen LogP contribution >= 0.6 is 0 Å². The second-order valence-corrected chi connectivity index (χ2v) is 13.4. The predicted molar refractivity (Wildman–Crippen MR) is 222 cm³/mol. The van der Waals surface area contributed by atoms with Gasteiger partial charge in [0.25, 0.3) is 0 Å². The van der Waals surface area contributed by atoms with Crippen molar-refractivity contribution in [1.29, 1.82) is 0 Å². The number of aromatic nitrogens is 2. The normalized spacial score (nSPS) is 9.96. The molecule has 1 aromatic heterocycles. The molecule has 0 atom stereocenters. The highest BCUT2D eigenvalue weighted by atomic mass is 16.5. The van der Waals surface area contributed by atoms with Gasteiger partial charge in [-0.25, -0.2) is 14.8 Å². The lowest BCUT2D eigenvalue weighted by molar-refractivity contribution is 0.0734. The lowest BCUT2D eigenvalue weighted by Gasteiger charge is -2.04. The summed E-state index contributed by atoms with van der Waals surface area (Å²) < 4.78 is 5.26. The van der Waals surface area contributed by atoms with Crippen LogP contribution in [0.5, 0.6) is 5.75 Å². The molecule has 0 saturated carbocycles. The highest BCUT2D eigenvalue weighted by molar-refractivity contribution is 5.91. The number of benzene rings is 6. The molecule has 0 unspecified atom stereocenters. The van der Waals surface area contributed by atoms with Crippen LogP contribution in [0.3, 0.4) is 0 Å². The molecule has 268 valence electrons. The Morgan fingerprint density at radius 2 is 0.642 bits per heavy atom. The van der Waals surface area contributed by atoms with Gasteiger partial charge in [-0.15, -0.1) is 0 Å². The third-order valence-corrected chi connectivity index (χ3v) is 8.26. The van der Waals surface area contributed by atoms with Gasteiger partial charge in [-0.05, 0) is 96.3 Å². The zero-order valence-electron chi connectivity index (χ0n) is 32.2. The number of nitrogens with zero attached hydrogens (tertiary/aromatic N) is 2. The minimum atomic E-state index is -0.325. The molecule has 0 amide bonds. The summed E-state index contributed by atoms with van der Waals surface area (Å²) in [5.74, 6) is 1.03. The Labute approximate surface area is 316 Å². The number of carbonyl (C=O) groups excluding carboxylic acids is 1. The molecule has 53 heavy (non-hydrogen) atoms. The van der Waals surface area contributed by atoms with Crippen molar-refractivity contribution in [1.82, 2.24) is 9.97 Å². The average Bonchev–Trinajstić information content (AvgIpc) is 3.16. The van der Waals surface area contributed by atoms with Crippen molar-refractivity contribution in [3.63, 3.8) is 0 Å². The van der Waals surface area contributed by atoms with Crippen LogP contribution in [0.1, 0.15) is 54.9 Å². The van der Waals surface area contributed by atoms with E-state index in [4.69, 9.17) is 4.74 Å². The Hall–Kier alpha value is -6.13. The maximum Gasteiger partial charge on any atom is 0.343 e. The van der Waals surface area contributed by atoms with Gasteiger partial charge in [0.05, 0.1) is 5.56 Å². The monoisotopic (exact) mass is 698 g/mol. The number of ether oxygens (including phenoxy) is 1. The first-order chi connectivity index (χ1) is 25.4. The van der Waals surface area contributed by atoms with Gasteiger partial charge in [0, 0.05) is 18.0 Å². The van der Waals surface area contributed by atoms with E-state index in [9.17, 15) is 4.79 Å². The highest BCUT2D eigenvalue weighted by Gasteiger charge is 2.07. The summed E-state index contributed by atoms with van der Waals surface area (Å²) in [5.41, 5.74) is 14.1. The van der Waals surface area contributed by atoms with Crippen LogP contribution in [0, 0.1) is 55.4 Å². The van der Waals surface area contributed by atoms with Gasteiger partial charge in [0.1, 0.15) is 5.75 Å². The second kappa shape index (κ2) is 20.0. The van der Waals surface area contributed by atoms with Crippen LogP contribution in [-0.2, 0) is 0 Å². The van der Waals surface area contributed by atoms with Gasteiger partial charge < -0.3 is 4.74 Å². The molecule has 0 radical (unpaired) electrons. The topological polar surface area (TPSA) is 52.1 Å². The van der Waals surface area contributed by atoms with Gasteiger partial charge in [0.2, 0.25) is 0 Å². The highest BCUT2D eigenvalue weighted by Crippen LogP contribution is 2.20. The molecule has 0 N–H and O–H groups in total. The van der Waals surface area contributed by atoms with Gasteiger partial charge in [-0.1, -0.05) is 160 Å². The van der Waals surface area contributed by atoms with E-state index in [1.54, 1.807) is 24.3 Å². The van der Waals surface area contributed by atoms with Gasteiger partial charge in [-0.3, -0.25) is 0 Å². The van der Waals surface area contributed by atoms with Crippen molar-refractivity contribution in [3.8, 4) is 28.3 Å². The number of hydrogen-bond donors (Lipinski definition) is 0. The van der Waals surface area contributed by atoms with Crippen LogP contribution in [-0.4, -0.2) is 15.9 Å². The van der Waals surface area contributed by atoms with E-state index in [2.05, 4.69) is 130 Å². The summed E-state index contributed by atoms with van der Waals surface area (Å²) in [6.07, 6.45) is 3.67. The maximum absolute atomic E-state index is 11.8. The fourth-order valence-corrected chi connectivity index (χ4v) is 4.84. The minimum Gasteiger partial charge on any atom is -0.423 e. The molecule has 0 aliphatic carbocycles. The molecule has 6 aromatic carbocycles. The number of esters is 1. The molecule has 0 spiro atoms. The van der Waals surface area contributed by atoms with Gasteiger partial charge >= 0.3 is 5.97 Å². The van der Waals surface area contributed by atoms with Crippen molar-refractivity contribution < 1.29 is 9.53 Å². The zero-order valence-corrected chi connectivity index (χ0v) is 32.2. The van der Waals surface area contributed by atoms with E-state index < -0.39 is 0 Å². The molecule has 4 nitrogen and oxygen atoms in total. The number of carbonyl (C=O) groups is 1. The molecular weight excluding hydrogens is 649 g/mol. The van der Waals surface area contributed by atoms with Crippen molar-refractivity contribution in [2.75, 3.05) is 0 Å². The van der Waals surface area contributed by atoms with Crippen molar-refractivity contribution in [3.05, 3.63) is 208 Å². The van der Waals surface area contributed by atoms with Crippen LogP contribution in [0.2, 0.25) is 0 Å². The number of aryl methyl sites for hydroxylation is 8. The van der Waals surface area contributed by atoms with Gasteiger partial charge in [0.15, 0.2) is 5.82 Å². The first-order valence-electron chi connectivity index (χ1n) is 17.8. The summed E-state index contributed by atoms with van der Waals surface area (Å²) >= 11 is 0. The minimum absolute atomic E-state index is 0.325.